The van der Waals surface area contributed by atoms with Crippen LogP contribution >= 0.6 is 11.6 Å². The van der Waals surface area contributed by atoms with Crippen LogP contribution in [0.4, 0.5) is 11.8 Å². The van der Waals surface area contributed by atoms with E-state index < -0.39 is 0 Å². The van der Waals surface area contributed by atoms with E-state index >= 15 is 0 Å². The molecule has 2 unspecified atom stereocenters. The molecule has 5 rings (SSSR count). The molecule has 32 heavy (non-hydrogen) atoms. The van der Waals surface area contributed by atoms with Crippen LogP contribution in [0.2, 0.25) is 5.02 Å². The summed E-state index contributed by atoms with van der Waals surface area (Å²) < 4.78 is 3.09. The first kappa shape index (κ1) is 20.0. The van der Waals surface area contributed by atoms with Crippen molar-refractivity contribution < 1.29 is 0 Å². The highest BCUT2D eigenvalue weighted by Crippen LogP contribution is 2.42. The third kappa shape index (κ3) is 2.92. The molecule has 0 amide bonds. The average Bonchev–Trinajstić information content (AvgIpc) is 3.13. The second-order valence-electron chi connectivity index (χ2n) is 7.84. The summed E-state index contributed by atoms with van der Waals surface area (Å²) in [5.41, 5.74) is 7.47. The van der Waals surface area contributed by atoms with Gasteiger partial charge in [-0.05, 0) is 25.1 Å². The van der Waals surface area contributed by atoms with Gasteiger partial charge in [-0.3, -0.25) is 9.36 Å². The Kier molecular flexibility index (Phi) is 4.60. The summed E-state index contributed by atoms with van der Waals surface area (Å²) in [6.07, 6.45) is 1.67. The molecule has 1 saturated heterocycles. The predicted octanol–water partition coefficient (Wildman–Crippen LogP) is 2.89. The highest BCUT2D eigenvalue weighted by Gasteiger charge is 2.43. The molecule has 0 aliphatic carbocycles. The van der Waals surface area contributed by atoms with Crippen LogP contribution in [0.25, 0.3) is 11.2 Å². The molecule has 1 aromatic carbocycles. The second kappa shape index (κ2) is 7.35. The number of aromatic nitrogens is 5. The number of nitrogens with zero attached hydrogens (tertiary/aromatic N) is 7. The largest absolute Gasteiger partial charge is 0.368 e. The molecule has 0 radical (unpaired) electrons. The van der Waals surface area contributed by atoms with Crippen LogP contribution in [0.3, 0.4) is 0 Å². The smallest absolute Gasteiger partial charge is 0.284 e. The summed E-state index contributed by atoms with van der Waals surface area (Å²) >= 11 is 6.29. The molecule has 10 heteroatoms. The standard InChI is InChI=1S/C22H19ClN8O/c1-12-11-29(19-15(10-24)13(2)26-22(25)27-19)17(12)20-28-30-9-8-16(23)18(30)21(32)31(20)14-6-4-3-5-7-14/h3-9,12,17H,11H2,1-2H3,(H2,25,26,27). The van der Waals surface area contributed by atoms with Gasteiger partial charge in [-0.25, -0.2) is 9.50 Å². The quantitative estimate of drug-likeness (QED) is 0.514. The molecule has 0 saturated carbocycles. The summed E-state index contributed by atoms with van der Waals surface area (Å²) in [4.78, 5) is 24.0. The van der Waals surface area contributed by atoms with Gasteiger partial charge < -0.3 is 10.6 Å². The van der Waals surface area contributed by atoms with Gasteiger partial charge in [0.2, 0.25) is 5.95 Å². The first-order chi connectivity index (χ1) is 15.4. The number of benzene rings is 1. The highest BCUT2D eigenvalue weighted by molar-refractivity contribution is 6.33. The Bertz CT molecular complexity index is 1450. The number of nitrogens with two attached hydrogens (primary N) is 1. The van der Waals surface area contributed by atoms with Crippen LogP contribution in [0, 0.1) is 24.2 Å². The molecule has 4 aromatic rings. The van der Waals surface area contributed by atoms with Gasteiger partial charge in [-0.1, -0.05) is 36.7 Å². The van der Waals surface area contributed by atoms with E-state index in [2.05, 4.69) is 23.0 Å². The van der Waals surface area contributed by atoms with Crippen molar-refractivity contribution >= 4 is 28.9 Å². The molecule has 160 valence electrons. The van der Waals surface area contributed by atoms with Crippen molar-refractivity contribution in [3.05, 3.63) is 75.1 Å². The highest BCUT2D eigenvalue weighted by atomic mass is 35.5. The topological polar surface area (TPSA) is 118 Å². The van der Waals surface area contributed by atoms with Crippen LogP contribution in [-0.4, -0.2) is 30.7 Å². The van der Waals surface area contributed by atoms with E-state index in [1.165, 1.54) is 4.52 Å². The Hall–Kier alpha value is -3.90. The summed E-state index contributed by atoms with van der Waals surface area (Å²) in [6.45, 7) is 4.42. The van der Waals surface area contributed by atoms with Crippen LogP contribution in [0.15, 0.2) is 47.4 Å². The van der Waals surface area contributed by atoms with Gasteiger partial charge in [0.25, 0.3) is 5.56 Å². The van der Waals surface area contributed by atoms with E-state index in [0.717, 1.165) is 0 Å². The van der Waals surface area contributed by atoms with Crippen molar-refractivity contribution in [2.75, 3.05) is 17.2 Å². The van der Waals surface area contributed by atoms with Gasteiger partial charge in [-0.15, -0.1) is 0 Å². The fourth-order valence-electron chi connectivity index (χ4n) is 4.29. The number of rotatable bonds is 3. The molecule has 2 N–H and O–H groups in total. The number of para-hydroxylation sites is 1. The number of hydrogen-bond acceptors (Lipinski definition) is 7. The van der Waals surface area contributed by atoms with Crippen molar-refractivity contribution in [2.24, 2.45) is 5.92 Å². The summed E-state index contributed by atoms with van der Waals surface area (Å²) in [6, 6.07) is 12.8. The molecule has 4 heterocycles. The van der Waals surface area contributed by atoms with Crippen LogP contribution in [-0.2, 0) is 0 Å². The van der Waals surface area contributed by atoms with Crippen LogP contribution in [0.1, 0.15) is 30.0 Å². The Morgan fingerprint density at radius 1 is 1.22 bits per heavy atom. The van der Waals surface area contributed by atoms with Gasteiger partial charge in [0.05, 0.1) is 22.4 Å². The number of fused-ring (bicyclic) bond motifs is 1. The Morgan fingerprint density at radius 2 is 1.97 bits per heavy atom. The molecule has 2 atom stereocenters. The molecule has 1 aliphatic rings. The predicted molar refractivity (Wildman–Crippen MR) is 121 cm³/mol. The van der Waals surface area contributed by atoms with Crippen LogP contribution < -0.4 is 16.2 Å². The van der Waals surface area contributed by atoms with Crippen molar-refractivity contribution in [2.45, 2.75) is 19.9 Å². The third-order valence-corrected chi connectivity index (χ3v) is 6.08. The molecule has 1 fully saturated rings. The molecular formula is C22H19ClN8O. The number of nitrogen functional groups attached to an aromatic ring is 1. The minimum absolute atomic E-state index is 0.0934. The third-order valence-electron chi connectivity index (χ3n) is 5.77. The average molecular weight is 447 g/mol. The van der Waals surface area contributed by atoms with E-state index in [9.17, 15) is 10.1 Å². The van der Waals surface area contributed by atoms with E-state index in [4.69, 9.17) is 22.4 Å². The first-order valence-electron chi connectivity index (χ1n) is 10.1. The second-order valence-corrected chi connectivity index (χ2v) is 8.25. The van der Waals surface area contributed by atoms with Gasteiger partial charge >= 0.3 is 0 Å². The van der Waals surface area contributed by atoms with Gasteiger partial charge in [0, 0.05) is 18.7 Å². The van der Waals surface area contributed by atoms with Crippen molar-refractivity contribution in [3.63, 3.8) is 0 Å². The van der Waals surface area contributed by atoms with Crippen molar-refractivity contribution in [1.82, 2.24) is 24.1 Å². The fraction of sp³-hybridized carbons (Fsp3) is 0.227. The molecule has 3 aromatic heterocycles. The lowest BCUT2D eigenvalue weighted by Gasteiger charge is -2.47. The normalized spacial score (nSPS) is 17.9. The molecular weight excluding hydrogens is 428 g/mol. The van der Waals surface area contributed by atoms with E-state index in [1.54, 1.807) is 23.8 Å². The van der Waals surface area contributed by atoms with Crippen molar-refractivity contribution in [3.8, 4) is 11.8 Å². The zero-order valence-electron chi connectivity index (χ0n) is 17.4. The maximum absolute atomic E-state index is 13.6. The van der Waals surface area contributed by atoms with E-state index in [1.807, 2.05) is 35.2 Å². The zero-order chi connectivity index (χ0) is 22.6. The molecule has 1 aliphatic heterocycles. The molecule has 9 nitrogen and oxygen atoms in total. The lowest BCUT2D eigenvalue weighted by molar-refractivity contribution is 0.300. The maximum atomic E-state index is 13.6. The molecule has 0 bridgehead atoms. The Labute approximate surface area is 188 Å². The maximum Gasteiger partial charge on any atom is 0.284 e. The SMILES string of the molecule is Cc1nc(N)nc(N2CC(C)C2c2nn3ccc(Cl)c3c(=O)n2-c2ccccc2)c1C#N. The Morgan fingerprint density at radius 3 is 2.66 bits per heavy atom. The number of hydrogen-bond donors (Lipinski definition) is 1. The minimum atomic E-state index is -0.311. The summed E-state index contributed by atoms with van der Waals surface area (Å²) in [5.74, 6) is 1.21. The Balaban J connectivity index is 1.76. The summed E-state index contributed by atoms with van der Waals surface area (Å²) in [5, 5.41) is 14.8. The monoisotopic (exact) mass is 446 g/mol. The zero-order valence-corrected chi connectivity index (χ0v) is 18.2. The lowest BCUT2D eigenvalue weighted by atomic mass is 9.88. The van der Waals surface area contributed by atoms with Gasteiger partial charge in [0.15, 0.2) is 11.6 Å². The van der Waals surface area contributed by atoms with Gasteiger partial charge in [0.1, 0.15) is 17.1 Å². The van der Waals surface area contributed by atoms with Crippen LogP contribution in [0.5, 0.6) is 0 Å². The van der Waals surface area contributed by atoms with E-state index in [0.29, 0.717) is 45.7 Å². The molecule has 0 spiro atoms. The lowest BCUT2D eigenvalue weighted by Crippen LogP contribution is -2.52. The van der Waals surface area contributed by atoms with E-state index in [-0.39, 0.29) is 23.5 Å². The number of halogens is 1. The number of anilines is 2. The number of aryl methyl sites for hydroxylation is 1. The minimum Gasteiger partial charge on any atom is -0.368 e. The summed E-state index contributed by atoms with van der Waals surface area (Å²) in [7, 11) is 0. The first-order valence-corrected chi connectivity index (χ1v) is 10.4. The van der Waals surface area contributed by atoms with Gasteiger partial charge in [-0.2, -0.15) is 15.3 Å². The van der Waals surface area contributed by atoms with Crippen molar-refractivity contribution in [1.29, 1.82) is 5.26 Å². The number of nitriles is 1. The fourth-order valence-corrected chi connectivity index (χ4v) is 4.51.